The summed E-state index contributed by atoms with van der Waals surface area (Å²) in [5, 5.41) is 22.3. The minimum Gasteiger partial charge on any atom is -0.481 e. The minimum atomic E-state index is -4.43. The van der Waals surface area contributed by atoms with Crippen LogP contribution < -0.4 is 21.3 Å². The Labute approximate surface area is 559 Å². The van der Waals surface area contributed by atoms with Crippen molar-refractivity contribution in [2.45, 2.75) is 92.9 Å². The molecule has 0 saturated carbocycles. The molecule has 97 heavy (non-hydrogen) atoms. The van der Waals surface area contributed by atoms with Gasteiger partial charge in [0.1, 0.15) is 0 Å². The van der Waals surface area contributed by atoms with Gasteiger partial charge >= 0.3 is 24.5 Å². The molecule has 0 aromatic heterocycles. The molecule has 0 spiro atoms. The van der Waals surface area contributed by atoms with Gasteiger partial charge in [-0.05, 0) is 151 Å². The van der Waals surface area contributed by atoms with Crippen LogP contribution in [0.15, 0.2) is 255 Å². The summed E-state index contributed by atoms with van der Waals surface area (Å²) in [6, 6.07) is 73.1. The van der Waals surface area contributed by atoms with E-state index in [0.717, 1.165) is 90.3 Å². The number of halogens is 9. The number of nitrogens with one attached hydrogen (secondary N) is 4. The van der Waals surface area contributed by atoms with Gasteiger partial charge in [-0.25, -0.2) is 0 Å². The summed E-state index contributed by atoms with van der Waals surface area (Å²) in [4.78, 5) is 42.5. The summed E-state index contributed by atoms with van der Waals surface area (Å²) < 4.78 is 116. The van der Waals surface area contributed by atoms with E-state index in [0.29, 0.717) is 48.9 Å². The molecule has 10 nitrogen and oxygen atoms in total. The van der Waals surface area contributed by atoms with E-state index in [4.69, 9.17) is 0 Å². The number of hydrogen-bond acceptors (Lipinski definition) is 7. The first-order valence-corrected chi connectivity index (χ1v) is 32.3. The number of anilines is 3. The Morgan fingerprint density at radius 3 is 0.959 bits per heavy atom. The van der Waals surface area contributed by atoms with Gasteiger partial charge in [-0.1, -0.05) is 182 Å². The topological polar surface area (TPSA) is 126 Å². The number of para-hydroxylation sites is 3. The van der Waals surface area contributed by atoms with Crippen molar-refractivity contribution in [1.82, 2.24) is 15.1 Å². The van der Waals surface area contributed by atoms with Gasteiger partial charge in [-0.2, -0.15) is 39.5 Å². The average molecular weight is 1330 g/mol. The fraction of sp³-hybridized carbons (Fsp3) is 0.269. The first kappa shape index (κ1) is 71.4. The van der Waals surface area contributed by atoms with Gasteiger partial charge in [0.15, 0.2) is 0 Å². The molecule has 12 rings (SSSR count). The van der Waals surface area contributed by atoms with Crippen molar-refractivity contribution in [1.29, 1.82) is 0 Å². The zero-order valence-corrected chi connectivity index (χ0v) is 53.2. The van der Waals surface area contributed by atoms with Crippen LogP contribution in [0, 0.1) is 0 Å². The second-order valence-corrected chi connectivity index (χ2v) is 23.9. The van der Waals surface area contributed by atoms with Crippen molar-refractivity contribution >= 4 is 34.8 Å². The van der Waals surface area contributed by atoms with E-state index in [2.05, 4.69) is 51.6 Å². The van der Waals surface area contributed by atoms with Crippen LogP contribution >= 0.6 is 0 Å². The van der Waals surface area contributed by atoms with Crippen molar-refractivity contribution in [2.24, 2.45) is 0 Å². The molecule has 9 aromatic carbocycles. The second kappa shape index (κ2) is 34.2. The highest BCUT2D eigenvalue weighted by Gasteiger charge is 2.38. The van der Waals surface area contributed by atoms with Crippen LogP contribution in [0.4, 0.5) is 56.6 Å². The Hall–Kier alpha value is -9.88. The lowest BCUT2D eigenvalue weighted by Gasteiger charge is -2.30. The minimum absolute atomic E-state index is 0.0163. The molecule has 5 N–H and O–H groups in total. The standard InChI is InChI=1S/2C26H25F3N2O.C16H14F3NO2.C10H13N/c2*27-26(28,29)21-15-13-19(14-16-21)23(18-30-22-10-5-2-6-11-22)25(32)31-17-7-12-24(31)20-8-3-1-4-9-20;17-16(18,19)12-8-6-11(7-9-12)14(15(21)22)10-20-13-4-2-1-3-5-13;1-2-5-9(6-3-1)10-7-4-8-11-10/h2*1-6,8-11,13-16,23-24,30H,7,12,17-18H2;1-9,14,20H,10H2,(H,21,22);1-3,5-6,10-11H,4,7-8H2/t23-,24-;;;/m1.../s1. The molecule has 2 amide bonds. The number of alkyl halides is 9. The van der Waals surface area contributed by atoms with Gasteiger partial charge in [0.2, 0.25) is 11.8 Å². The van der Waals surface area contributed by atoms with Crippen LogP contribution in [-0.2, 0) is 32.9 Å². The molecule has 3 saturated heterocycles. The van der Waals surface area contributed by atoms with Gasteiger partial charge in [-0.15, -0.1) is 0 Å². The van der Waals surface area contributed by atoms with E-state index in [9.17, 15) is 59.0 Å². The highest BCUT2D eigenvalue weighted by Crippen LogP contribution is 2.39. The van der Waals surface area contributed by atoms with Gasteiger partial charge in [0, 0.05) is 55.8 Å². The van der Waals surface area contributed by atoms with Gasteiger partial charge in [0.05, 0.1) is 46.5 Å². The summed E-state index contributed by atoms with van der Waals surface area (Å²) in [7, 11) is 0. The maximum absolute atomic E-state index is 13.7. The van der Waals surface area contributed by atoms with Gasteiger partial charge in [-0.3, -0.25) is 14.4 Å². The number of carbonyl (C=O) groups is 3. The largest absolute Gasteiger partial charge is 0.481 e. The fourth-order valence-corrected chi connectivity index (χ4v) is 12.2. The first-order valence-electron chi connectivity index (χ1n) is 32.3. The summed E-state index contributed by atoms with van der Waals surface area (Å²) in [6.45, 7) is 3.14. The third-order valence-corrected chi connectivity index (χ3v) is 17.4. The molecule has 0 aliphatic carbocycles. The van der Waals surface area contributed by atoms with E-state index < -0.39 is 58.9 Å². The highest BCUT2D eigenvalue weighted by atomic mass is 19.4. The molecule has 0 radical (unpaired) electrons. The number of benzene rings is 9. The number of amides is 2. The maximum Gasteiger partial charge on any atom is 0.416 e. The van der Waals surface area contributed by atoms with E-state index >= 15 is 0 Å². The predicted molar refractivity (Wildman–Crippen MR) is 362 cm³/mol. The highest BCUT2D eigenvalue weighted by molar-refractivity contribution is 5.86. The van der Waals surface area contributed by atoms with E-state index in [-0.39, 0.29) is 30.4 Å². The van der Waals surface area contributed by atoms with Crippen molar-refractivity contribution in [2.75, 3.05) is 55.2 Å². The zero-order valence-electron chi connectivity index (χ0n) is 53.2. The molecule has 0 bridgehead atoms. The van der Waals surface area contributed by atoms with Crippen molar-refractivity contribution in [3.8, 4) is 0 Å². The van der Waals surface area contributed by atoms with E-state index in [1.165, 1.54) is 61.3 Å². The van der Waals surface area contributed by atoms with Crippen LogP contribution in [0.1, 0.15) is 124 Å². The Morgan fingerprint density at radius 1 is 0.381 bits per heavy atom. The number of hydrogen-bond donors (Lipinski definition) is 5. The maximum atomic E-state index is 13.7. The zero-order chi connectivity index (χ0) is 68.8. The van der Waals surface area contributed by atoms with Crippen LogP contribution in [0.2, 0.25) is 0 Å². The fourth-order valence-electron chi connectivity index (χ4n) is 12.2. The molecular formula is C78H77F9N6O4. The van der Waals surface area contributed by atoms with Crippen LogP contribution in [0.25, 0.3) is 0 Å². The molecule has 3 aliphatic rings. The number of carboxylic acids is 1. The molecule has 3 heterocycles. The third-order valence-electron chi connectivity index (χ3n) is 17.4. The smallest absolute Gasteiger partial charge is 0.416 e. The second-order valence-electron chi connectivity index (χ2n) is 23.9. The normalized spacial score (nSPS) is 16.9. The van der Waals surface area contributed by atoms with Crippen LogP contribution in [-0.4, -0.2) is 72.0 Å². The van der Waals surface area contributed by atoms with Gasteiger partial charge in [0.25, 0.3) is 0 Å². The summed E-state index contributed by atoms with van der Waals surface area (Å²) in [5.41, 5.74) is 5.32. The quantitative estimate of drug-likeness (QED) is 0.0538. The first-order chi connectivity index (χ1) is 46.7. The lowest BCUT2D eigenvalue weighted by atomic mass is 9.95. The van der Waals surface area contributed by atoms with Crippen LogP contribution in [0.5, 0.6) is 0 Å². The lowest BCUT2D eigenvalue weighted by molar-refractivity contribution is -0.139. The summed E-state index contributed by atoms with van der Waals surface area (Å²) >= 11 is 0. The van der Waals surface area contributed by atoms with Crippen molar-refractivity contribution in [3.05, 3.63) is 305 Å². The van der Waals surface area contributed by atoms with Crippen molar-refractivity contribution < 1.29 is 59.0 Å². The number of carboxylic acid groups (broad SMARTS) is 1. The number of aliphatic carboxylic acids is 1. The van der Waals surface area contributed by atoms with E-state index in [1.54, 1.807) is 24.3 Å². The molecule has 6 atom stereocenters. The number of likely N-dealkylation sites (tertiary alicyclic amines) is 2. The van der Waals surface area contributed by atoms with E-state index in [1.807, 2.05) is 137 Å². The molecule has 19 heteroatoms. The number of nitrogens with zero attached hydrogens (tertiary/aromatic N) is 2. The Bertz CT molecular complexity index is 3660. The van der Waals surface area contributed by atoms with Gasteiger partial charge < -0.3 is 36.2 Å². The molecule has 9 aromatic rings. The Kier molecular flexibility index (Phi) is 25.2. The lowest BCUT2D eigenvalue weighted by Crippen LogP contribution is -2.37. The number of carbonyl (C=O) groups excluding carboxylic acids is 2. The average Bonchev–Trinajstić information content (AvgIpc) is 1.78. The molecular weight excluding hydrogens is 1260 g/mol. The third kappa shape index (κ3) is 20.6. The molecule has 3 fully saturated rings. The number of rotatable bonds is 18. The SMILES string of the molecule is O=C(C(CNc1ccccc1)c1ccc(C(F)(F)F)cc1)N1CCCC1c1ccccc1.O=C(O)C(CNc1ccccc1)c1ccc(C(F)(F)F)cc1.O=C([C@H](CNc1ccccc1)c1ccc(C(F)(F)F)cc1)N1CCC[C@@H]1c1ccccc1.c1ccc(C2CCCN2)cc1. The molecule has 3 aliphatic heterocycles. The van der Waals surface area contributed by atoms with Crippen molar-refractivity contribution in [3.63, 3.8) is 0 Å². The van der Waals surface area contributed by atoms with Crippen LogP contribution in [0.3, 0.4) is 0 Å². The predicted octanol–water partition coefficient (Wildman–Crippen LogP) is 18.6. The summed E-state index contributed by atoms with van der Waals surface area (Å²) in [5.74, 6) is -3.35. The summed E-state index contributed by atoms with van der Waals surface area (Å²) in [6.07, 6.45) is -7.08. The Balaban J connectivity index is 0.000000160. The monoisotopic (exact) mass is 1330 g/mol. The molecule has 506 valence electrons. The molecule has 4 unspecified atom stereocenters. The Morgan fingerprint density at radius 2 is 0.670 bits per heavy atom.